The first kappa shape index (κ1) is 24.0. The number of rotatable bonds is 2. The van der Waals surface area contributed by atoms with Gasteiger partial charge in [-0.25, -0.2) is 23.1 Å². The summed E-state index contributed by atoms with van der Waals surface area (Å²) < 4.78 is 87.0. The minimum Gasteiger partial charge on any atom is -0.375 e. The summed E-state index contributed by atoms with van der Waals surface area (Å²) in [6.45, 7) is 0.0255. The van der Waals surface area contributed by atoms with Gasteiger partial charge in [-0.3, -0.25) is 4.79 Å². The maximum absolute atomic E-state index is 14.4. The highest BCUT2D eigenvalue weighted by molar-refractivity contribution is 5.94. The van der Waals surface area contributed by atoms with Crippen LogP contribution in [0, 0.1) is 17.5 Å². The number of amides is 1. The molecular weight excluding hydrogens is 480 g/mol. The van der Waals surface area contributed by atoms with Crippen LogP contribution in [-0.2, 0) is 10.9 Å². The van der Waals surface area contributed by atoms with E-state index in [1.54, 1.807) is 4.90 Å². The van der Waals surface area contributed by atoms with Gasteiger partial charge in [-0.1, -0.05) is 0 Å². The van der Waals surface area contributed by atoms with Crippen LogP contribution in [0.1, 0.15) is 53.3 Å². The number of ether oxygens (including phenoxy) is 1. The van der Waals surface area contributed by atoms with E-state index in [1.807, 2.05) is 0 Å². The Labute approximate surface area is 196 Å². The first-order valence-electron chi connectivity index (χ1n) is 11.1. The Morgan fingerprint density at radius 1 is 1.09 bits per heavy atom. The lowest BCUT2D eigenvalue weighted by Gasteiger charge is -2.41. The topological polar surface area (TPSA) is 65.9 Å². The van der Waals surface area contributed by atoms with Crippen LogP contribution >= 0.6 is 0 Å². The molecule has 0 aliphatic carbocycles. The Morgan fingerprint density at radius 2 is 1.74 bits per heavy atom. The number of hydrogen-bond acceptors (Lipinski definition) is 5. The molecule has 1 amide bonds. The maximum atomic E-state index is 14.4. The fourth-order valence-electron chi connectivity index (χ4n) is 5.40. The van der Waals surface area contributed by atoms with Crippen LogP contribution in [0.15, 0.2) is 30.5 Å². The van der Waals surface area contributed by atoms with Crippen molar-refractivity contribution in [2.24, 2.45) is 0 Å². The summed E-state index contributed by atoms with van der Waals surface area (Å²) in [6.07, 6.45) is -4.58. The molecule has 188 valence electrons. The van der Waals surface area contributed by atoms with Crippen molar-refractivity contribution in [3.05, 3.63) is 64.7 Å². The molecule has 4 heterocycles. The zero-order chi connectivity index (χ0) is 25.1. The standard InChI is InChI=1S/C23H21F6N3O3/c24-13-9-12(10-14(25)11-13)16-1-2-17-32(16)21(34)22(35-17)4-7-31(8-5-22)20(33)15-3-6-30-19(18(15)26)23(27,28)29/h3,6,9-11,16-17,21,34H,1-2,4-5,7-8H2. The van der Waals surface area contributed by atoms with Crippen LogP contribution in [0.5, 0.6) is 0 Å². The third-order valence-corrected chi connectivity index (χ3v) is 7.06. The van der Waals surface area contributed by atoms with E-state index in [4.69, 9.17) is 4.74 Å². The molecule has 3 fully saturated rings. The number of benzene rings is 1. The summed E-state index contributed by atoms with van der Waals surface area (Å²) in [4.78, 5) is 18.7. The molecule has 3 saturated heterocycles. The van der Waals surface area contributed by atoms with Crippen LogP contribution in [-0.4, -0.2) is 56.9 Å². The zero-order valence-corrected chi connectivity index (χ0v) is 18.2. The number of halogens is 6. The van der Waals surface area contributed by atoms with Crippen molar-refractivity contribution in [1.82, 2.24) is 14.8 Å². The van der Waals surface area contributed by atoms with Crippen molar-refractivity contribution in [3.8, 4) is 0 Å². The molecule has 1 aromatic carbocycles. The molecule has 3 aliphatic heterocycles. The molecule has 3 atom stereocenters. The highest BCUT2D eigenvalue weighted by Crippen LogP contribution is 2.50. The second-order valence-electron chi connectivity index (χ2n) is 9.07. The predicted octanol–water partition coefficient (Wildman–Crippen LogP) is 4.00. The van der Waals surface area contributed by atoms with E-state index < -0.39 is 64.9 Å². The molecule has 3 unspecified atom stereocenters. The number of aliphatic hydroxyl groups is 1. The Bertz CT molecular complexity index is 1130. The molecule has 1 spiro atoms. The van der Waals surface area contributed by atoms with E-state index in [0.717, 1.165) is 18.3 Å². The predicted molar refractivity (Wildman–Crippen MR) is 108 cm³/mol. The van der Waals surface area contributed by atoms with Crippen molar-refractivity contribution >= 4 is 5.91 Å². The first-order valence-corrected chi connectivity index (χ1v) is 11.1. The fourth-order valence-corrected chi connectivity index (χ4v) is 5.40. The van der Waals surface area contributed by atoms with Crippen LogP contribution in [0.25, 0.3) is 0 Å². The van der Waals surface area contributed by atoms with Gasteiger partial charge in [-0.05, 0) is 49.4 Å². The second kappa shape index (κ2) is 8.45. The fraction of sp³-hybridized carbons (Fsp3) is 0.478. The number of likely N-dealkylation sites (tertiary alicyclic amines) is 1. The van der Waals surface area contributed by atoms with E-state index in [0.29, 0.717) is 18.4 Å². The number of nitrogens with zero attached hydrogens (tertiary/aromatic N) is 3. The van der Waals surface area contributed by atoms with E-state index in [1.165, 1.54) is 17.0 Å². The molecule has 12 heteroatoms. The highest BCUT2D eigenvalue weighted by Gasteiger charge is 2.58. The van der Waals surface area contributed by atoms with Crippen molar-refractivity contribution in [1.29, 1.82) is 0 Å². The minimum absolute atomic E-state index is 0.0127. The summed E-state index contributed by atoms with van der Waals surface area (Å²) in [6, 6.07) is 3.63. The number of alkyl halides is 3. The zero-order valence-electron chi connectivity index (χ0n) is 18.2. The Hall–Kier alpha value is -2.70. The largest absolute Gasteiger partial charge is 0.436 e. The summed E-state index contributed by atoms with van der Waals surface area (Å²) in [5.74, 6) is -4.09. The van der Waals surface area contributed by atoms with Gasteiger partial charge in [0.15, 0.2) is 11.5 Å². The monoisotopic (exact) mass is 501 g/mol. The van der Waals surface area contributed by atoms with Gasteiger partial charge in [-0.15, -0.1) is 0 Å². The van der Waals surface area contributed by atoms with Gasteiger partial charge in [0.1, 0.15) is 29.7 Å². The lowest BCUT2D eigenvalue weighted by atomic mass is 9.88. The Morgan fingerprint density at radius 3 is 2.37 bits per heavy atom. The van der Waals surface area contributed by atoms with Gasteiger partial charge >= 0.3 is 6.18 Å². The highest BCUT2D eigenvalue weighted by atomic mass is 19.4. The van der Waals surface area contributed by atoms with E-state index in [9.17, 15) is 36.2 Å². The summed E-state index contributed by atoms with van der Waals surface area (Å²) in [5.41, 5.74) is -3.18. The SMILES string of the molecule is O=C(c1ccnc(C(F)(F)F)c1F)N1CCC2(CC1)OC1CCC(c3cc(F)cc(F)c3)N1C2O. The van der Waals surface area contributed by atoms with Crippen molar-refractivity contribution in [2.45, 2.75) is 56.0 Å². The molecule has 0 radical (unpaired) electrons. The molecule has 35 heavy (non-hydrogen) atoms. The van der Waals surface area contributed by atoms with Gasteiger partial charge < -0.3 is 14.7 Å². The van der Waals surface area contributed by atoms with Crippen molar-refractivity contribution in [3.63, 3.8) is 0 Å². The van der Waals surface area contributed by atoms with E-state index in [-0.39, 0.29) is 25.9 Å². The van der Waals surface area contributed by atoms with Crippen LogP contribution in [0.4, 0.5) is 26.3 Å². The molecule has 1 aromatic heterocycles. The number of pyridine rings is 1. The first-order chi connectivity index (χ1) is 16.5. The summed E-state index contributed by atoms with van der Waals surface area (Å²) in [5, 5.41) is 11.2. The van der Waals surface area contributed by atoms with Crippen molar-refractivity contribution < 1.29 is 41.0 Å². The maximum Gasteiger partial charge on any atom is 0.436 e. The number of aliphatic hydroxyl groups excluding tert-OH is 1. The normalized spacial score (nSPS) is 26.4. The van der Waals surface area contributed by atoms with Crippen LogP contribution in [0.3, 0.4) is 0 Å². The van der Waals surface area contributed by atoms with Gasteiger partial charge in [0.2, 0.25) is 0 Å². The van der Waals surface area contributed by atoms with Gasteiger partial charge in [0, 0.05) is 31.4 Å². The average Bonchev–Trinajstić information content (AvgIpc) is 3.31. The Balaban J connectivity index is 1.31. The lowest BCUT2D eigenvalue weighted by molar-refractivity contribution is -0.143. The summed E-state index contributed by atoms with van der Waals surface area (Å²) in [7, 11) is 0. The molecular formula is C23H21F6N3O3. The van der Waals surface area contributed by atoms with E-state index in [2.05, 4.69) is 4.98 Å². The molecule has 3 aliphatic rings. The van der Waals surface area contributed by atoms with Gasteiger partial charge in [0.05, 0.1) is 5.56 Å². The van der Waals surface area contributed by atoms with Crippen molar-refractivity contribution in [2.75, 3.05) is 13.1 Å². The minimum atomic E-state index is -5.04. The number of fused-ring (bicyclic) bond motifs is 1. The number of hydrogen-bond donors (Lipinski definition) is 1. The number of carbonyl (C=O) groups excluding carboxylic acids is 1. The number of piperidine rings is 1. The molecule has 2 aromatic rings. The smallest absolute Gasteiger partial charge is 0.375 e. The Kier molecular flexibility index (Phi) is 5.80. The molecule has 6 nitrogen and oxygen atoms in total. The number of aromatic nitrogens is 1. The lowest BCUT2D eigenvalue weighted by Crippen LogP contribution is -2.54. The van der Waals surface area contributed by atoms with Crippen LogP contribution < -0.4 is 0 Å². The van der Waals surface area contributed by atoms with Gasteiger partial charge in [-0.2, -0.15) is 13.2 Å². The van der Waals surface area contributed by atoms with E-state index >= 15 is 0 Å². The van der Waals surface area contributed by atoms with Crippen LogP contribution in [0.2, 0.25) is 0 Å². The van der Waals surface area contributed by atoms with Gasteiger partial charge in [0.25, 0.3) is 5.91 Å². The third-order valence-electron chi connectivity index (χ3n) is 7.06. The molecule has 0 bridgehead atoms. The quantitative estimate of drug-likeness (QED) is 0.631. The summed E-state index contributed by atoms with van der Waals surface area (Å²) >= 11 is 0. The average molecular weight is 501 g/mol. The molecule has 0 saturated carbocycles. The molecule has 5 rings (SSSR count). The second-order valence-corrected chi connectivity index (χ2v) is 9.07. The third kappa shape index (κ3) is 4.07. The molecule has 1 N–H and O–H groups in total. The number of carbonyl (C=O) groups is 1.